The van der Waals surface area contributed by atoms with E-state index >= 15 is 0 Å². The van der Waals surface area contributed by atoms with Crippen LogP contribution in [0, 0.1) is 0 Å². The van der Waals surface area contributed by atoms with E-state index < -0.39 is 0 Å². The minimum Gasteiger partial charge on any atom is -0.336 e. The van der Waals surface area contributed by atoms with Crippen LogP contribution in [0.15, 0.2) is 30.6 Å². The molecule has 2 aromatic rings. The highest BCUT2D eigenvalue weighted by atomic mass is 16.2. The van der Waals surface area contributed by atoms with Gasteiger partial charge in [0.25, 0.3) is 0 Å². The second-order valence-electron chi connectivity index (χ2n) is 5.35. The largest absolute Gasteiger partial charge is 0.336 e. The van der Waals surface area contributed by atoms with Crippen molar-refractivity contribution in [1.29, 1.82) is 0 Å². The maximum Gasteiger partial charge on any atom is 0.243 e. The summed E-state index contributed by atoms with van der Waals surface area (Å²) in [6.07, 6.45) is 1.74. The number of carbonyl (C=O) groups is 1. The van der Waals surface area contributed by atoms with Gasteiger partial charge in [0.2, 0.25) is 5.91 Å². The molecule has 0 aliphatic rings. The van der Waals surface area contributed by atoms with Gasteiger partial charge in [0.15, 0.2) is 0 Å². The first kappa shape index (κ1) is 13.6. The average molecular weight is 259 g/mol. The maximum absolute atomic E-state index is 12.4. The second kappa shape index (κ2) is 5.43. The zero-order valence-electron chi connectivity index (χ0n) is 12.0. The number of amides is 1. The van der Waals surface area contributed by atoms with Gasteiger partial charge < -0.3 is 9.47 Å². The molecule has 1 heterocycles. The number of nitrogens with zero attached hydrogens (tertiary/aromatic N) is 3. The molecule has 0 aliphatic heterocycles. The molecule has 0 fully saturated rings. The number of fused-ring (bicyclic) bond motifs is 1. The van der Waals surface area contributed by atoms with Gasteiger partial charge in [0.1, 0.15) is 6.54 Å². The van der Waals surface area contributed by atoms with Crippen LogP contribution < -0.4 is 0 Å². The molecule has 2 rings (SSSR count). The number of aromatic nitrogens is 2. The molecule has 0 bridgehead atoms. The Morgan fingerprint density at radius 3 is 2.47 bits per heavy atom. The van der Waals surface area contributed by atoms with Gasteiger partial charge in [0.05, 0.1) is 17.4 Å². The maximum atomic E-state index is 12.4. The number of imidazole rings is 1. The summed E-state index contributed by atoms with van der Waals surface area (Å²) in [7, 11) is 0. The van der Waals surface area contributed by atoms with Crippen LogP contribution in [0.1, 0.15) is 27.7 Å². The van der Waals surface area contributed by atoms with E-state index in [1.54, 1.807) is 6.33 Å². The lowest BCUT2D eigenvalue weighted by atomic mass is 10.2. The normalized spacial score (nSPS) is 11.5. The quantitative estimate of drug-likeness (QED) is 0.846. The molecule has 0 aliphatic carbocycles. The van der Waals surface area contributed by atoms with Crippen molar-refractivity contribution in [1.82, 2.24) is 14.5 Å². The topological polar surface area (TPSA) is 38.1 Å². The van der Waals surface area contributed by atoms with Gasteiger partial charge in [-0.05, 0) is 39.8 Å². The zero-order valence-corrected chi connectivity index (χ0v) is 12.0. The Hall–Kier alpha value is -1.84. The Balaban J connectivity index is 2.23. The summed E-state index contributed by atoms with van der Waals surface area (Å²) in [5.41, 5.74) is 1.93. The Morgan fingerprint density at radius 1 is 1.21 bits per heavy atom. The number of para-hydroxylation sites is 2. The van der Waals surface area contributed by atoms with Crippen LogP contribution in [-0.2, 0) is 11.3 Å². The van der Waals surface area contributed by atoms with Gasteiger partial charge in [-0.3, -0.25) is 4.79 Å². The predicted molar refractivity (Wildman–Crippen MR) is 76.9 cm³/mol. The van der Waals surface area contributed by atoms with Crippen LogP contribution in [0.25, 0.3) is 11.0 Å². The van der Waals surface area contributed by atoms with Gasteiger partial charge in [-0.1, -0.05) is 12.1 Å². The van der Waals surface area contributed by atoms with Gasteiger partial charge in [-0.15, -0.1) is 0 Å². The van der Waals surface area contributed by atoms with E-state index in [0.717, 1.165) is 11.0 Å². The van der Waals surface area contributed by atoms with E-state index in [4.69, 9.17) is 0 Å². The highest BCUT2D eigenvalue weighted by molar-refractivity contribution is 5.80. The third-order valence-corrected chi connectivity index (χ3v) is 3.23. The first-order valence-electron chi connectivity index (χ1n) is 6.71. The molecule has 4 nitrogen and oxygen atoms in total. The summed E-state index contributed by atoms with van der Waals surface area (Å²) in [5, 5.41) is 0. The molecule has 0 radical (unpaired) electrons. The lowest BCUT2D eigenvalue weighted by Gasteiger charge is -2.31. The highest BCUT2D eigenvalue weighted by Crippen LogP contribution is 2.13. The van der Waals surface area contributed by atoms with Crippen molar-refractivity contribution in [3.8, 4) is 0 Å². The first-order chi connectivity index (χ1) is 9.00. The average Bonchev–Trinajstić information content (AvgIpc) is 2.72. The third-order valence-electron chi connectivity index (χ3n) is 3.23. The number of rotatable bonds is 4. The number of hydrogen-bond acceptors (Lipinski definition) is 2. The van der Waals surface area contributed by atoms with E-state index in [0.29, 0.717) is 6.54 Å². The van der Waals surface area contributed by atoms with Crippen molar-refractivity contribution in [2.45, 2.75) is 46.3 Å². The summed E-state index contributed by atoms with van der Waals surface area (Å²) < 4.78 is 1.91. The molecule has 1 amide bonds. The SMILES string of the molecule is CC(C)N(C(=O)Cn1cnc2ccccc21)C(C)C. The Bertz CT molecular complexity index is 564. The van der Waals surface area contributed by atoms with Crippen molar-refractivity contribution in [2.24, 2.45) is 0 Å². The van der Waals surface area contributed by atoms with Gasteiger partial charge >= 0.3 is 0 Å². The molecule has 1 aromatic carbocycles. The standard InChI is InChI=1S/C15H21N3O/c1-11(2)18(12(3)4)15(19)9-17-10-16-13-7-5-6-8-14(13)17/h5-8,10-12H,9H2,1-4H3. The fourth-order valence-electron chi connectivity index (χ4n) is 2.54. The summed E-state index contributed by atoms with van der Waals surface area (Å²) >= 11 is 0. The molecule has 0 atom stereocenters. The smallest absolute Gasteiger partial charge is 0.243 e. The van der Waals surface area contributed by atoms with Crippen LogP contribution in [0.2, 0.25) is 0 Å². The Morgan fingerprint density at radius 2 is 1.84 bits per heavy atom. The second-order valence-corrected chi connectivity index (χ2v) is 5.35. The minimum absolute atomic E-state index is 0.133. The summed E-state index contributed by atoms with van der Waals surface area (Å²) in [4.78, 5) is 18.6. The zero-order chi connectivity index (χ0) is 14.0. The highest BCUT2D eigenvalue weighted by Gasteiger charge is 2.20. The Labute approximate surface area is 114 Å². The van der Waals surface area contributed by atoms with Crippen LogP contribution in [0.5, 0.6) is 0 Å². The van der Waals surface area contributed by atoms with Gasteiger partial charge in [0, 0.05) is 12.1 Å². The number of carbonyl (C=O) groups excluding carboxylic acids is 1. The van der Waals surface area contributed by atoms with Crippen LogP contribution in [0.4, 0.5) is 0 Å². The van der Waals surface area contributed by atoms with E-state index in [2.05, 4.69) is 4.98 Å². The summed E-state index contributed by atoms with van der Waals surface area (Å²) in [6.45, 7) is 8.53. The van der Waals surface area contributed by atoms with Crippen molar-refractivity contribution in [2.75, 3.05) is 0 Å². The monoisotopic (exact) mass is 259 g/mol. The molecular weight excluding hydrogens is 238 g/mol. The van der Waals surface area contributed by atoms with Crippen molar-refractivity contribution >= 4 is 16.9 Å². The van der Waals surface area contributed by atoms with E-state index in [9.17, 15) is 4.79 Å². The fraction of sp³-hybridized carbons (Fsp3) is 0.467. The molecule has 0 saturated carbocycles. The van der Waals surface area contributed by atoms with E-state index in [1.165, 1.54) is 0 Å². The lowest BCUT2D eigenvalue weighted by Crippen LogP contribution is -2.43. The first-order valence-corrected chi connectivity index (χ1v) is 6.71. The van der Waals surface area contributed by atoms with E-state index in [-0.39, 0.29) is 18.0 Å². The lowest BCUT2D eigenvalue weighted by molar-refractivity contribution is -0.135. The van der Waals surface area contributed by atoms with Crippen LogP contribution in [-0.4, -0.2) is 32.4 Å². The molecule has 0 saturated heterocycles. The fourth-order valence-corrected chi connectivity index (χ4v) is 2.54. The molecule has 4 heteroatoms. The molecule has 0 N–H and O–H groups in total. The molecule has 0 unspecified atom stereocenters. The third kappa shape index (κ3) is 2.78. The van der Waals surface area contributed by atoms with Crippen LogP contribution >= 0.6 is 0 Å². The Kier molecular flexibility index (Phi) is 3.88. The molecular formula is C15H21N3O. The molecule has 102 valence electrons. The van der Waals surface area contributed by atoms with Gasteiger partial charge in [-0.2, -0.15) is 0 Å². The van der Waals surface area contributed by atoms with Crippen molar-refractivity contribution in [3.63, 3.8) is 0 Å². The molecule has 19 heavy (non-hydrogen) atoms. The van der Waals surface area contributed by atoms with Crippen molar-refractivity contribution in [3.05, 3.63) is 30.6 Å². The van der Waals surface area contributed by atoms with Crippen LogP contribution in [0.3, 0.4) is 0 Å². The predicted octanol–water partition coefficient (Wildman–Crippen LogP) is 2.68. The molecule has 0 spiro atoms. The van der Waals surface area contributed by atoms with Crippen molar-refractivity contribution < 1.29 is 4.79 Å². The van der Waals surface area contributed by atoms with Gasteiger partial charge in [-0.25, -0.2) is 4.98 Å². The number of hydrogen-bond donors (Lipinski definition) is 0. The number of benzene rings is 1. The van der Waals surface area contributed by atoms with E-state index in [1.807, 2.05) is 61.4 Å². The minimum atomic E-state index is 0.133. The molecule has 1 aromatic heterocycles. The summed E-state index contributed by atoms with van der Waals surface area (Å²) in [6, 6.07) is 8.29. The summed E-state index contributed by atoms with van der Waals surface area (Å²) in [5.74, 6) is 0.133.